The highest BCUT2D eigenvalue weighted by atomic mass is 16.6. The second-order valence-electron chi connectivity index (χ2n) is 4.44. The third-order valence-corrected chi connectivity index (χ3v) is 2.14. The van der Waals surface area contributed by atoms with Crippen LogP contribution < -0.4 is 16.6 Å². The molecule has 8 heteroatoms. The van der Waals surface area contributed by atoms with E-state index in [9.17, 15) is 10.1 Å². The van der Waals surface area contributed by atoms with E-state index in [2.05, 4.69) is 15.7 Å². The van der Waals surface area contributed by atoms with E-state index in [1.807, 2.05) is 13.8 Å². The Hall–Kier alpha value is -1.93. The molecule has 0 aliphatic carbocycles. The molecule has 0 saturated heterocycles. The lowest BCUT2D eigenvalue weighted by molar-refractivity contribution is -0.384. The number of anilines is 2. The predicted octanol–water partition coefficient (Wildman–Crippen LogP) is 1.11. The molecule has 0 aliphatic heterocycles. The summed E-state index contributed by atoms with van der Waals surface area (Å²) in [7, 11) is 1.58. The first-order valence-corrected chi connectivity index (χ1v) is 5.28. The smallest absolute Gasteiger partial charge is 0.276 e. The first-order valence-electron chi connectivity index (χ1n) is 5.28. The summed E-state index contributed by atoms with van der Waals surface area (Å²) in [6, 6.07) is 2.60. The molecule has 8 nitrogen and oxygen atoms in total. The zero-order chi connectivity index (χ0) is 13.8. The Morgan fingerprint density at radius 1 is 1.50 bits per heavy atom. The van der Waals surface area contributed by atoms with Crippen LogP contribution in [0.4, 0.5) is 17.3 Å². The molecule has 1 heterocycles. The molecule has 0 atom stereocenters. The van der Waals surface area contributed by atoms with Gasteiger partial charge in [0.05, 0.1) is 29.2 Å². The Labute approximate surface area is 105 Å². The lowest BCUT2D eigenvalue weighted by Crippen LogP contribution is -2.36. The van der Waals surface area contributed by atoms with E-state index in [-0.39, 0.29) is 11.5 Å². The first kappa shape index (κ1) is 14.1. The summed E-state index contributed by atoms with van der Waals surface area (Å²) >= 11 is 0. The Balaban J connectivity index is 3.01. The lowest BCUT2D eigenvalue weighted by Gasteiger charge is -2.25. The number of nitrogens with zero attached hydrogens (tertiary/aromatic N) is 2. The molecule has 0 fully saturated rings. The van der Waals surface area contributed by atoms with E-state index in [4.69, 9.17) is 10.6 Å². The van der Waals surface area contributed by atoms with Crippen molar-refractivity contribution in [3.05, 3.63) is 22.2 Å². The average molecular weight is 255 g/mol. The molecule has 1 aromatic rings. The number of pyridine rings is 1. The largest absolute Gasteiger partial charge is 0.382 e. The Morgan fingerprint density at radius 2 is 2.11 bits per heavy atom. The van der Waals surface area contributed by atoms with Crippen LogP contribution in [0.5, 0.6) is 0 Å². The Bertz CT molecular complexity index is 436. The molecule has 0 radical (unpaired) electrons. The molecule has 0 spiro atoms. The number of nitrogens with two attached hydrogens (primary N) is 1. The molecule has 0 bridgehead atoms. The van der Waals surface area contributed by atoms with E-state index in [1.165, 1.54) is 12.1 Å². The lowest BCUT2D eigenvalue weighted by atomic mass is 10.1. The van der Waals surface area contributed by atoms with Crippen LogP contribution in [0.15, 0.2) is 12.1 Å². The molecule has 0 amide bonds. The zero-order valence-corrected chi connectivity index (χ0v) is 10.6. The van der Waals surface area contributed by atoms with E-state index < -0.39 is 10.5 Å². The third kappa shape index (κ3) is 3.82. The van der Waals surface area contributed by atoms with Crippen molar-refractivity contribution in [3.8, 4) is 0 Å². The molecule has 1 rings (SSSR count). The zero-order valence-electron chi connectivity index (χ0n) is 10.6. The highest BCUT2D eigenvalue weighted by Crippen LogP contribution is 2.22. The predicted molar refractivity (Wildman–Crippen MR) is 68.3 cm³/mol. The van der Waals surface area contributed by atoms with Crippen LogP contribution in [0.25, 0.3) is 0 Å². The van der Waals surface area contributed by atoms with Crippen LogP contribution >= 0.6 is 0 Å². The van der Waals surface area contributed by atoms with Gasteiger partial charge in [-0.1, -0.05) is 0 Å². The molecular formula is C10H17N5O3. The van der Waals surface area contributed by atoms with Gasteiger partial charge < -0.3 is 15.5 Å². The van der Waals surface area contributed by atoms with Gasteiger partial charge >= 0.3 is 0 Å². The van der Waals surface area contributed by atoms with Gasteiger partial charge in [-0.3, -0.25) is 10.1 Å². The summed E-state index contributed by atoms with van der Waals surface area (Å²) in [5.74, 6) is 5.81. The van der Waals surface area contributed by atoms with Crippen LogP contribution in [0.1, 0.15) is 13.8 Å². The van der Waals surface area contributed by atoms with Gasteiger partial charge in [-0.25, -0.2) is 10.8 Å². The number of methoxy groups -OCH3 is 1. The van der Waals surface area contributed by atoms with E-state index in [1.54, 1.807) is 7.11 Å². The van der Waals surface area contributed by atoms with Crippen LogP contribution in [-0.2, 0) is 4.74 Å². The number of hydrazine groups is 1. The van der Waals surface area contributed by atoms with Crippen molar-refractivity contribution in [2.45, 2.75) is 19.4 Å². The molecule has 100 valence electrons. The van der Waals surface area contributed by atoms with Gasteiger partial charge in [-0.2, -0.15) is 0 Å². The number of nitrogens with one attached hydrogen (secondary N) is 2. The summed E-state index contributed by atoms with van der Waals surface area (Å²) in [4.78, 5) is 14.4. The normalized spacial score (nSPS) is 11.1. The topological polar surface area (TPSA) is 115 Å². The van der Waals surface area contributed by atoms with Crippen LogP contribution in [-0.4, -0.2) is 29.2 Å². The van der Waals surface area contributed by atoms with Crippen molar-refractivity contribution in [1.82, 2.24) is 4.98 Å². The summed E-state index contributed by atoms with van der Waals surface area (Å²) in [5, 5.41) is 13.8. The van der Waals surface area contributed by atoms with Crippen molar-refractivity contribution in [3.63, 3.8) is 0 Å². The number of hydrogen-bond donors (Lipinski definition) is 3. The molecule has 0 unspecified atom stereocenters. The van der Waals surface area contributed by atoms with Crippen molar-refractivity contribution in [1.29, 1.82) is 0 Å². The van der Waals surface area contributed by atoms with Gasteiger partial charge in [0.15, 0.2) is 0 Å². The maximum absolute atomic E-state index is 10.8. The number of nitro groups is 1. The summed E-state index contributed by atoms with van der Waals surface area (Å²) in [5.41, 5.74) is 1.80. The number of ether oxygens (including phenoxy) is 1. The molecule has 0 saturated carbocycles. The molecule has 0 aliphatic rings. The fourth-order valence-corrected chi connectivity index (χ4v) is 1.50. The van der Waals surface area contributed by atoms with Gasteiger partial charge in [0, 0.05) is 7.11 Å². The highest BCUT2D eigenvalue weighted by Gasteiger charge is 2.20. The summed E-state index contributed by atoms with van der Waals surface area (Å²) in [6.07, 6.45) is 0. The SMILES string of the molecule is COCC(C)(C)Nc1cc([N+](=O)[O-])cc(NN)n1. The minimum Gasteiger partial charge on any atom is -0.382 e. The standard InChI is InChI=1S/C10H17N5O3/c1-10(2,6-18-3)13-8-4-7(15(16)17)5-9(12-8)14-11/h4-5H,6,11H2,1-3H3,(H2,12,13,14). The maximum Gasteiger partial charge on any atom is 0.276 e. The third-order valence-electron chi connectivity index (χ3n) is 2.14. The van der Waals surface area contributed by atoms with Crippen LogP contribution in [0.2, 0.25) is 0 Å². The highest BCUT2D eigenvalue weighted by molar-refractivity contribution is 5.55. The minimum absolute atomic E-state index is 0.0892. The number of nitrogen functional groups attached to an aromatic ring is 1. The van der Waals surface area contributed by atoms with Gasteiger partial charge in [0.2, 0.25) is 0 Å². The van der Waals surface area contributed by atoms with Crippen molar-refractivity contribution >= 4 is 17.3 Å². The van der Waals surface area contributed by atoms with E-state index >= 15 is 0 Å². The number of aromatic nitrogens is 1. The number of rotatable bonds is 6. The number of hydrogen-bond acceptors (Lipinski definition) is 7. The summed E-state index contributed by atoms with van der Waals surface area (Å²) in [6.45, 7) is 4.22. The fraction of sp³-hybridized carbons (Fsp3) is 0.500. The van der Waals surface area contributed by atoms with Crippen LogP contribution in [0.3, 0.4) is 0 Å². The van der Waals surface area contributed by atoms with Gasteiger partial charge in [0.25, 0.3) is 5.69 Å². The molecule has 1 aromatic heterocycles. The van der Waals surface area contributed by atoms with Crippen molar-refractivity contribution in [2.24, 2.45) is 5.84 Å². The van der Waals surface area contributed by atoms with E-state index in [0.29, 0.717) is 12.4 Å². The molecule has 18 heavy (non-hydrogen) atoms. The van der Waals surface area contributed by atoms with Crippen molar-refractivity contribution < 1.29 is 9.66 Å². The molecule has 4 N–H and O–H groups in total. The van der Waals surface area contributed by atoms with E-state index in [0.717, 1.165) is 0 Å². The molecule has 0 aromatic carbocycles. The fourth-order valence-electron chi connectivity index (χ4n) is 1.50. The second-order valence-corrected chi connectivity index (χ2v) is 4.44. The maximum atomic E-state index is 10.8. The van der Waals surface area contributed by atoms with Gasteiger partial charge in [-0.05, 0) is 13.8 Å². The monoisotopic (exact) mass is 255 g/mol. The summed E-state index contributed by atoms with van der Waals surface area (Å²) < 4.78 is 5.05. The minimum atomic E-state index is -0.503. The average Bonchev–Trinajstić information content (AvgIpc) is 2.27. The van der Waals surface area contributed by atoms with Crippen LogP contribution in [0, 0.1) is 10.1 Å². The quantitative estimate of drug-likeness (QED) is 0.396. The Kier molecular flexibility index (Phi) is 4.40. The second kappa shape index (κ2) is 5.61. The first-order chi connectivity index (χ1) is 8.38. The van der Waals surface area contributed by atoms with Crippen molar-refractivity contribution in [2.75, 3.05) is 24.5 Å². The van der Waals surface area contributed by atoms with Gasteiger partial charge in [-0.15, -0.1) is 0 Å². The Morgan fingerprint density at radius 3 is 2.61 bits per heavy atom. The molecular weight excluding hydrogens is 238 g/mol. The van der Waals surface area contributed by atoms with Gasteiger partial charge in [0.1, 0.15) is 11.6 Å².